The molecule has 1 aliphatic carbocycles. The number of hydrogen-bond acceptors (Lipinski definition) is 7. The molecule has 9 nitrogen and oxygen atoms in total. The lowest BCUT2D eigenvalue weighted by atomic mass is 9.92. The molecule has 1 aromatic heterocycles. The van der Waals surface area contributed by atoms with Crippen molar-refractivity contribution in [3.8, 4) is 0 Å². The zero-order chi connectivity index (χ0) is 23.1. The second-order valence-corrected chi connectivity index (χ2v) is 8.48. The molecule has 1 aliphatic heterocycles. The van der Waals surface area contributed by atoms with Gasteiger partial charge in [0.05, 0.1) is 25.1 Å². The Bertz CT molecular complexity index is 794. The summed E-state index contributed by atoms with van der Waals surface area (Å²) in [6.07, 6.45) is 5.61. The molecule has 0 unspecified atom stereocenters. The van der Waals surface area contributed by atoms with Gasteiger partial charge in [-0.25, -0.2) is 23.8 Å². The Morgan fingerprint density at radius 1 is 1.38 bits per heavy atom. The summed E-state index contributed by atoms with van der Waals surface area (Å²) in [5.74, 6) is -1.57. The third-order valence-electron chi connectivity index (χ3n) is 6.27. The molecule has 0 radical (unpaired) electrons. The molecule has 178 valence electrons. The van der Waals surface area contributed by atoms with Crippen molar-refractivity contribution in [1.29, 1.82) is 0 Å². The van der Waals surface area contributed by atoms with Crippen molar-refractivity contribution in [3.05, 3.63) is 17.3 Å². The van der Waals surface area contributed by atoms with E-state index in [1.807, 2.05) is 0 Å². The lowest BCUT2D eigenvalue weighted by Gasteiger charge is -2.23. The number of carbonyl (C=O) groups is 2. The smallest absolute Gasteiger partial charge is 0.233 e. The van der Waals surface area contributed by atoms with Gasteiger partial charge in [0.25, 0.3) is 0 Å². The first kappa shape index (κ1) is 24.2. The minimum atomic E-state index is -0.959. The molecule has 32 heavy (non-hydrogen) atoms. The number of methoxy groups -OCH3 is 1. The fourth-order valence-electron chi connectivity index (χ4n) is 4.53. The maximum Gasteiger partial charge on any atom is 0.233 e. The summed E-state index contributed by atoms with van der Waals surface area (Å²) >= 11 is 0. The van der Waals surface area contributed by atoms with Crippen molar-refractivity contribution in [2.45, 2.75) is 57.8 Å². The van der Waals surface area contributed by atoms with Crippen LogP contribution in [0, 0.1) is 17.7 Å². The Kier molecular flexibility index (Phi) is 8.68. The largest absolute Gasteiger partial charge is 0.380 e. The standard InChI is InChI=1S/C21H31F2N5O4/c1-32-16-6-7-27(12-16)20-19(23)17(25-18(9-22)26-20)10-24-21(30)15(11-28(31)13-29)8-14-4-2-3-5-14/h13-16,31H,2-12H2,1H3,(H,24,30)/t15-,16+/m1/s1. The van der Waals surface area contributed by atoms with Crippen molar-refractivity contribution < 1.29 is 28.3 Å². The number of amides is 2. The van der Waals surface area contributed by atoms with Gasteiger partial charge in [0.15, 0.2) is 17.5 Å². The summed E-state index contributed by atoms with van der Waals surface area (Å²) in [6.45, 7) is -0.401. The molecule has 3 rings (SSSR count). The number of aromatic nitrogens is 2. The number of carbonyl (C=O) groups excluding carboxylic acids is 2. The predicted octanol–water partition coefficient (Wildman–Crippen LogP) is 1.97. The van der Waals surface area contributed by atoms with E-state index in [0.29, 0.717) is 36.9 Å². The number of hydroxylamine groups is 2. The minimum Gasteiger partial charge on any atom is -0.380 e. The lowest BCUT2D eigenvalue weighted by molar-refractivity contribution is -0.155. The van der Waals surface area contributed by atoms with Crippen LogP contribution in [0.2, 0.25) is 0 Å². The van der Waals surface area contributed by atoms with Crippen molar-refractivity contribution in [2.75, 3.05) is 31.6 Å². The van der Waals surface area contributed by atoms with Crippen LogP contribution in [-0.2, 0) is 27.5 Å². The second-order valence-electron chi connectivity index (χ2n) is 8.48. The molecule has 1 aromatic rings. The number of halogens is 2. The summed E-state index contributed by atoms with van der Waals surface area (Å²) in [5, 5.41) is 12.7. The zero-order valence-electron chi connectivity index (χ0n) is 18.3. The molecule has 2 aliphatic rings. The number of nitrogens with one attached hydrogen (secondary N) is 1. The molecule has 11 heteroatoms. The number of nitrogens with zero attached hydrogens (tertiary/aromatic N) is 4. The van der Waals surface area contributed by atoms with Gasteiger partial charge < -0.3 is 15.0 Å². The van der Waals surface area contributed by atoms with Crippen LogP contribution in [-0.4, -0.2) is 65.4 Å². The van der Waals surface area contributed by atoms with Gasteiger partial charge in [0.2, 0.25) is 12.3 Å². The molecule has 2 atom stereocenters. The highest BCUT2D eigenvalue weighted by molar-refractivity contribution is 5.79. The highest BCUT2D eigenvalue weighted by Crippen LogP contribution is 2.31. The first-order chi connectivity index (χ1) is 15.4. The fourth-order valence-corrected chi connectivity index (χ4v) is 4.53. The first-order valence-corrected chi connectivity index (χ1v) is 11.0. The maximum atomic E-state index is 15.1. The molecular weight excluding hydrogens is 424 g/mol. The van der Waals surface area contributed by atoms with E-state index >= 15 is 4.39 Å². The van der Waals surface area contributed by atoms with Crippen molar-refractivity contribution in [1.82, 2.24) is 20.3 Å². The molecule has 0 spiro atoms. The van der Waals surface area contributed by atoms with E-state index in [4.69, 9.17) is 4.74 Å². The van der Waals surface area contributed by atoms with Gasteiger partial charge in [-0.1, -0.05) is 25.7 Å². The average Bonchev–Trinajstić information content (AvgIpc) is 3.49. The van der Waals surface area contributed by atoms with Crippen molar-refractivity contribution in [2.24, 2.45) is 11.8 Å². The SMILES string of the molecule is CO[C@H]1CCN(c2nc(CF)nc(CNC(=O)[C@H](CC3CCCC3)CN(O)C=O)c2F)C1. The number of alkyl halides is 1. The number of ether oxygens (including phenoxy) is 1. The van der Waals surface area contributed by atoms with E-state index in [2.05, 4.69) is 15.3 Å². The van der Waals surface area contributed by atoms with Gasteiger partial charge in [0, 0.05) is 20.2 Å². The van der Waals surface area contributed by atoms with E-state index in [1.54, 1.807) is 12.0 Å². The van der Waals surface area contributed by atoms with Crippen LogP contribution in [0.15, 0.2) is 0 Å². The van der Waals surface area contributed by atoms with Crippen LogP contribution in [0.1, 0.15) is 50.0 Å². The quantitative estimate of drug-likeness (QED) is 0.298. The lowest BCUT2D eigenvalue weighted by Crippen LogP contribution is -2.38. The number of anilines is 1. The van der Waals surface area contributed by atoms with Crippen LogP contribution < -0.4 is 10.2 Å². The average molecular weight is 456 g/mol. The summed E-state index contributed by atoms with van der Waals surface area (Å²) in [6, 6.07) is 0. The van der Waals surface area contributed by atoms with Gasteiger partial charge in [0.1, 0.15) is 12.4 Å². The monoisotopic (exact) mass is 455 g/mol. The van der Waals surface area contributed by atoms with Gasteiger partial charge in [-0.2, -0.15) is 0 Å². The molecule has 2 amide bonds. The number of hydrogen-bond donors (Lipinski definition) is 2. The van der Waals surface area contributed by atoms with Crippen molar-refractivity contribution >= 4 is 18.1 Å². The highest BCUT2D eigenvalue weighted by Gasteiger charge is 2.29. The van der Waals surface area contributed by atoms with Gasteiger partial charge >= 0.3 is 0 Å². The van der Waals surface area contributed by atoms with E-state index < -0.39 is 24.3 Å². The third-order valence-corrected chi connectivity index (χ3v) is 6.27. The van der Waals surface area contributed by atoms with Crippen LogP contribution >= 0.6 is 0 Å². The predicted molar refractivity (Wildman–Crippen MR) is 111 cm³/mol. The van der Waals surface area contributed by atoms with E-state index in [-0.39, 0.29) is 42.9 Å². The molecule has 2 fully saturated rings. The Hall–Kier alpha value is -2.40. The van der Waals surface area contributed by atoms with Gasteiger partial charge in [-0.3, -0.25) is 14.8 Å². The summed E-state index contributed by atoms with van der Waals surface area (Å²) in [7, 11) is 1.58. The molecule has 1 saturated carbocycles. The van der Waals surface area contributed by atoms with Crippen LogP contribution in [0.3, 0.4) is 0 Å². The fraction of sp³-hybridized carbons (Fsp3) is 0.714. The number of rotatable bonds is 11. The normalized spacial score (nSPS) is 19.9. The summed E-state index contributed by atoms with van der Waals surface area (Å²) < 4.78 is 33.8. The second kappa shape index (κ2) is 11.5. The zero-order valence-corrected chi connectivity index (χ0v) is 18.3. The highest BCUT2D eigenvalue weighted by atomic mass is 19.1. The summed E-state index contributed by atoms with van der Waals surface area (Å²) in [5.41, 5.74) is -0.104. The Morgan fingerprint density at radius 3 is 2.75 bits per heavy atom. The maximum absolute atomic E-state index is 15.1. The molecule has 1 saturated heterocycles. The van der Waals surface area contributed by atoms with Crippen LogP contribution in [0.4, 0.5) is 14.6 Å². The van der Waals surface area contributed by atoms with Gasteiger partial charge in [-0.15, -0.1) is 0 Å². The third kappa shape index (κ3) is 6.10. The Morgan fingerprint density at radius 2 is 2.12 bits per heavy atom. The van der Waals surface area contributed by atoms with E-state index in [0.717, 1.165) is 25.7 Å². The topological polar surface area (TPSA) is 108 Å². The molecule has 2 heterocycles. The first-order valence-electron chi connectivity index (χ1n) is 11.0. The van der Waals surface area contributed by atoms with E-state index in [9.17, 15) is 19.2 Å². The van der Waals surface area contributed by atoms with Gasteiger partial charge in [-0.05, 0) is 18.8 Å². The Labute approximate surface area is 186 Å². The molecule has 0 aromatic carbocycles. The van der Waals surface area contributed by atoms with E-state index in [1.165, 1.54) is 0 Å². The molecule has 2 N–H and O–H groups in total. The van der Waals surface area contributed by atoms with Crippen molar-refractivity contribution in [3.63, 3.8) is 0 Å². The summed E-state index contributed by atoms with van der Waals surface area (Å²) in [4.78, 5) is 33.3. The minimum absolute atomic E-state index is 0.00134. The Balaban J connectivity index is 1.71. The van der Waals surface area contributed by atoms with Crippen LogP contribution in [0.25, 0.3) is 0 Å². The molecule has 0 bridgehead atoms. The van der Waals surface area contributed by atoms with Crippen LogP contribution in [0.5, 0.6) is 0 Å². The molecular formula is C21H31F2N5O4.